The molecule has 0 saturated heterocycles. The van der Waals surface area contributed by atoms with E-state index < -0.39 is 0 Å². The average Bonchev–Trinajstić information content (AvgIpc) is 3.11. The largest absolute Gasteiger partial charge is 0.297 e. The van der Waals surface area contributed by atoms with E-state index in [1.54, 1.807) is 6.07 Å². The van der Waals surface area contributed by atoms with Gasteiger partial charge in [-0.3, -0.25) is 10.1 Å². The Kier molecular flexibility index (Phi) is 4.42. The Bertz CT molecular complexity index is 838. The maximum Gasteiger partial charge on any atom is 0.267 e. The molecule has 3 nitrogen and oxygen atoms in total. The van der Waals surface area contributed by atoms with Crippen LogP contribution in [0.3, 0.4) is 0 Å². The highest BCUT2D eigenvalue weighted by atomic mass is 79.9. The van der Waals surface area contributed by atoms with Crippen molar-refractivity contribution in [2.24, 2.45) is 0 Å². The van der Waals surface area contributed by atoms with Gasteiger partial charge in [-0.2, -0.15) is 0 Å². The Hall–Kier alpha value is -1.50. The van der Waals surface area contributed by atoms with Crippen molar-refractivity contribution >= 4 is 49.6 Å². The van der Waals surface area contributed by atoms with Crippen molar-refractivity contribution in [3.05, 3.63) is 55.5 Å². The summed E-state index contributed by atoms with van der Waals surface area (Å²) in [5.74, 6) is -0.127. The number of anilines is 1. The third-order valence-corrected chi connectivity index (χ3v) is 5.57. The van der Waals surface area contributed by atoms with E-state index in [0.29, 0.717) is 10.0 Å². The lowest BCUT2D eigenvalue weighted by Gasteiger charge is -2.03. The molecule has 0 atom stereocenters. The molecule has 22 heavy (non-hydrogen) atoms. The lowest BCUT2D eigenvalue weighted by molar-refractivity contribution is 0.103. The summed E-state index contributed by atoms with van der Waals surface area (Å²) in [6, 6.07) is 9.95. The zero-order valence-electron chi connectivity index (χ0n) is 12.0. The number of carbonyl (C=O) groups is 1. The van der Waals surface area contributed by atoms with Crippen LogP contribution >= 0.6 is 38.6 Å². The van der Waals surface area contributed by atoms with Gasteiger partial charge in [0, 0.05) is 10.9 Å². The molecule has 1 amide bonds. The van der Waals surface area contributed by atoms with Gasteiger partial charge in [-0.15, -0.1) is 22.7 Å². The summed E-state index contributed by atoms with van der Waals surface area (Å²) in [5, 5.41) is 5.44. The van der Waals surface area contributed by atoms with Gasteiger partial charge in [-0.1, -0.05) is 17.7 Å². The monoisotopic (exact) mass is 392 g/mol. The van der Waals surface area contributed by atoms with Crippen LogP contribution in [0.2, 0.25) is 0 Å². The number of hydrogen-bond donors (Lipinski definition) is 1. The van der Waals surface area contributed by atoms with Gasteiger partial charge < -0.3 is 0 Å². The van der Waals surface area contributed by atoms with E-state index in [1.807, 2.05) is 11.4 Å². The summed E-state index contributed by atoms with van der Waals surface area (Å²) in [6.07, 6.45) is 0. The molecule has 0 aliphatic rings. The van der Waals surface area contributed by atoms with E-state index in [0.717, 1.165) is 15.0 Å². The smallest absolute Gasteiger partial charge is 0.267 e. The fourth-order valence-electron chi connectivity index (χ4n) is 2.06. The molecule has 6 heteroatoms. The van der Waals surface area contributed by atoms with Gasteiger partial charge in [0.15, 0.2) is 5.13 Å². The first kappa shape index (κ1) is 15.4. The van der Waals surface area contributed by atoms with Crippen molar-refractivity contribution in [1.82, 2.24) is 4.98 Å². The van der Waals surface area contributed by atoms with Gasteiger partial charge in [0.05, 0.1) is 14.4 Å². The van der Waals surface area contributed by atoms with Crippen molar-refractivity contribution in [2.45, 2.75) is 13.8 Å². The SMILES string of the molecule is Cc1ccc(C)c(-c2csc(NC(=O)c3ccc(Br)s3)n2)c1. The van der Waals surface area contributed by atoms with Crippen LogP contribution in [0.25, 0.3) is 11.3 Å². The predicted molar refractivity (Wildman–Crippen MR) is 97.0 cm³/mol. The van der Waals surface area contributed by atoms with Crippen molar-refractivity contribution in [3.8, 4) is 11.3 Å². The number of hydrogen-bond acceptors (Lipinski definition) is 4. The van der Waals surface area contributed by atoms with Gasteiger partial charge in [0.2, 0.25) is 0 Å². The quantitative estimate of drug-likeness (QED) is 0.638. The standard InChI is InChI=1S/C16H13BrN2OS2/c1-9-3-4-10(2)11(7-9)12-8-21-16(18-12)19-15(20)13-5-6-14(17)22-13/h3-8H,1-2H3,(H,18,19,20). The van der Waals surface area contributed by atoms with E-state index >= 15 is 0 Å². The number of carbonyl (C=O) groups excluding carboxylic acids is 1. The Labute approximate surface area is 145 Å². The Balaban J connectivity index is 1.82. The normalized spacial score (nSPS) is 10.7. The van der Waals surface area contributed by atoms with E-state index in [9.17, 15) is 4.79 Å². The topological polar surface area (TPSA) is 42.0 Å². The summed E-state index contributed by atoms with van der Waals surface area (Å²) in [7, 11) is 0. The summed E-state index contributed by atoms with van der Waals surface area (Å²) < 4.78 is 0.938. The molecule has 0 spiro atoms. The number of nitrogens with one attached hydrogen (secondary N) is 1. The van der Waals surface area contributed by atoms with Crippen LogP contribution in [-0.2, 0) is 0 Å². The second-order valence-corrected chi connectivity index (χ2v) is 8.24. The number of aromatic nitrogens is 1. The summed E-state index contributed by atoms with van der Waals surface area (Å²) in [4.78, 5) is 17.3. The molecule has 0 saturated carbocycles. The third-order valence-electron chi connectivity index (χ3n) is 3.19. The molecular weight excluding hydrogens is 380 g/mol. The first-order valence-corrected chi connectivity index (χ1v) is 9.11. The van der Waals surface area contributed by atoms with Gasteiger partial charge in [0.25, 0.3) is 5.91 Å². The molecule has 3 aromatic rings. The zero-order chi connectivity index (χ0) is 15.7. The van der Waals surface area contributed by atoms with Gasteiger partial charge >= 0.3 is 0 Å². The molecule has 3 rings (SSSR count). The number of aryl methyl sites for hydroxylation is 2. The van der Waals surface area contributed by atoms with Crippen LogP contribution in [0, 0.1) is 13.8 Å². The minimum atomic E-state index is -0.127. The highest BCUT2D eigenvalue weighted by molar-refractivity contribution is 9.11. The third kappa shape index (κ3) is 3.29. The number of benzene rings is 1. The first-order valence-electron chi connectivity index (χ1n) is 6.63. The van der Waals surface area contributed by atoms with E-state index in [2.05, 4.69) is 58.3 Å². The lowest BCUT2D eigenvalue weighted by Crippen LogP contribution is -2.09. The Morgan fingerprint density at radius 3 is 2.77 bits per heavy atom. The van der Waals surface area contributed by atoms with Crippen LogP contribution in [0.5, 0.6) is 0 Å². The maximum atomic E-state index is 12.1. The van der Waals surface area contributed by atoms with Gasteiger partial charge in [-0.25, -0.2) is 4.98 Å². The van der Waals surface area contributed by atoms with Gasteiger partial charge in [0.1, 0.15) is 0 Å². The van der Waals surface area contributed by atoms with Crippen molar-refractivity contribution in [1.29, 1.82) is 0 Å². The molecule has 0 fully saturated rings. The summed E-state index contributed by atoms with van der Waals surface area (Å²) in [6.45, 7) is 4.13. The molecule has 0 aliphatic carbocycles. The van der Waals surface area contributed by atoms with Crippen LogP contribution < -0.4 is 5.32 Å². The number of rotatable bonds is 3. The van der Waals surface area contributed by atoms with E-state index in [4.69, 9.17) is 0 Å². The highest BCUT2D eigenvalue weighted by Crippen LogP contribution is 2.29. The summed E-state index contributed by atoms with van der Waals surface area (Å²) >= 11 is 6.20. The van der Waals surface area contributed by atoms with Gasteiger partial charge in [-0.05, 0) is 53.5 Å². The van der Waals surface area contributed by atoms with Crippen LogP contribution in [0.15, 0.2) is 39.5 Å². The molecule has 112 valence electrons. The van der Waals surface area contributed by atoms with Crippen molar-refractivity contribution < 1.29 is 4.79 Å². The molecule has 1 N–H and O–H groups in total. The number of thiazole rings is 1. The highest BCUT2D eigenvalue weighted by Gasteiger charge is 2.12. The second kappa shape index (κ2) is 6.32. The molecule has 0 bridgehead atoms. The molecule has 0 unspecified atom stereocenters. The molecule has 1 aromatic carbocycles. The Morgan fingerprint density at radius 2 is 2.05 bits per heavy atom. The number of amides is 1. The number of thiophene rings is 1. The lowest BCUT2D eigenvalue weighted by atomic mass is 10.0. The minimum Gasteiger partial charge on any atom is -0.297 e. The Morgan fingerprint density at radius 1 is 1.23 bits per heavy atom. The fraction of sp³-hybridized carbons (Fsp3) is 0.125. The summed E-state index contributed by atoms with van der Waals surface area (Å²) in [5.41, 5.74) is 4.38. The van der Waals surface area contributed by atoms with Crippen molar-refractivity contribution in [3.63, 3.8) is 0 Å². The van der Waals surface area contributed by atoms with Crippen LogP contribution in [0.1, 0.15) is 20.8 Å². The van der Waals surface area contributed by atoms with E-state index in [1.165, 1.54) is 33.8 Å². The molecular formula is C16H13BrN2OS2. The van der Waals surface area contributed by atoms with Crippen molar-refractivity contribution in [2.75, 3.05) is 5.32 Å². The van der Waals surface area contributed by atoms with Crippen LogP contribution in [0.4, 0.5) is 5.13 Å². The number of halogens is 1. The zero-order valence-corrected chi connectivity index (χ0v) is 15.2. The maximum absolute atomic E-state index is 12.1. The predicted octanol–water partition coefficient (Wildman–Crippen LogP) is 5.50. The molecule has 0 radical (unpaired) electrons. The van der Waals surface area contributed by atoms with Crippen LogP contribution in [-0.4, -0.2) is 10.9 Å². The second-order valence-electron chi connectivity index (χ2n) is 4.91. The van der Waals surface area contributed by atoms with E-state index in [-0.39, 0.29) is 5.91 Å². The molecule has 2 aromatic heterocycles. The molecule has 0 aliphatic heterocycles. The first-order chi connectivity index (χ1) is 10.5. The minimum absolute atomic E-state index is 0.127. The molecule has 2 heterocycles. The number of nitrogens with zero attached hydrogens (tertiary/aromatic N) is 1. The average molecular weight is 393 g/mol. The fourth-order valence-corrected chi connectivity index (χ4v) is 4.05.